The van der Waals surface area contributed by atoms with Crippen LogP contribution in [0, 0.1) is 0 Å². The van der Waals surface area contributed by atoms with Crippen molar-refractivity contribution < 1.29 is 4.79 Å². The maximum atomic E-state index is 12.5. The van der Waals surface area contributed by atoms with Gasteiger partial charge in [0.2, 0.25) is 5.95 Å². The number of Topliss-reactive ketones (excluding diaryl/α,β-unsaturated/α-hetero) is 1. The van der Waals surface area contributed by atoms with Crippen LogP contribution in [-0.2, 0) is 0 Å². The summed E-state index contributed by atoms with van der Waals surface area (Å²) in [5.41, 5.74) is 7.24. The number of nitrogens with two attached hydrogens (primary N) is 1. The molecule has 0 unspecified atom stereocenters. The minimum Gasteiger partial charge on any atom is -0.368 e. The van der Waals surface area contributed by atoms with Crippen LogP contribution in [0.25, 0.3) is 11.4 Å². The van der Waals surface area contributed by atoms with Gasteiger partial charge in [0.1, 0.15) is 0 Å². The van der Waals surface area contributed by atoms with Crippen molar-refractivity contribution in [3.63, 3.8) is 0 Å². The Hall–Kier alpha value is -2.44. The molecule has 0 fully saturated rings. The van der Waals surface area contributed by atoms with E-state index in [9.17, 15) is 4.79 Å². The van der Waals surface area contributed by atoms with Crippen molar-refractivity contribution in [2.75, 3.05) is 5.73 Å². The van der Waals surface area contributed by atoms with Crippen LogP contribution in [0.3, 0.4) is 0 Å². The number of thioether (sulfide) groups is 1. The molecule has 5 nitrogen and oxygen atoms in total. The summed E-state index contributed by atoms with van der Waals surface area (Å²) >= 11 is 7.11. The molecular formula is C18H15ClN4OS. The number of aromatic nitrogens is 3. The van der Waals surface area contributed by atoms with Crippen molar-refractivity contribution >= 4 is 35.1 Å². The lowest BCUT2D eigenvalue weighted by Crippen LogP contribution is -2.14. The van der Waals surface area contributed by atoms with Crippen LogP contribution in [0.4, 0.5) is 5.95 Å². The van der Waals surface area contributed by atoms with E-state index >= 15 is 0 Å². The quantitative estimate of drug-likeness (QED) is 0.537. The number of ketones is 1. The van der Waals surface area contributed by atoms with Gasteiger partial charge in [0.25, 0.3) is 0 Å². The van der Waals surface area contributed by atoms with Crippen molar-refractivity contribution in [2.24, 2.45) is 0 Å². The van der Waals surface area contributed by atoms with Crippen molar-refractivity contribution in [3.8, 4) is 11.4 Å². The number of hydrogen-bond acceptors (Lipinski definition) is 6. The molecule has 25 heavy (non-hydrogen) atoms. The molecule has 2 N–H and O–H groups in total. The predicted molar refractivity (Wildman–Crippen MR) is 101 cm³/mol. The summed E-state index contributed by atoms with van der Waals surface area (Å²) in [5, 5.41) is 0.641. The first-order valence-electron chi connectivity index (χ1n) is 7.56. The zero-order chi connectivity index (χ0) is 17.8. The maximum Gasteiger partial charge on any atom is 0.224 e. The molecule has 126 valence electrons. The summed E-state index contributed by atoms with van der Waals surface area (Å²) in [4.78, 5) is 25.3. The van der Waals surface area contributed by atoms with E-state index in [2.05, 4.69) is 15.0 Å². The third-order valence-corrected chi connectivity index (χ3v) is 4.66. The van der Waals surface area contributed by atoms with Crippen LogP contribution in [0.5, 0.6) is 0 Å². The second-order valence-corrected chi connectivity index (χ2v) is 7.04. The fourth-order valence-electron chi connectivity index (χ4n) is 2.20. The molecule has 0 saturated heterocycles. The topological polar surface area (TPSA) is 81.8 Å². The smallest absolute Gasteiger partial charge is 0.224 e. The van der Waals surface area contributed by atoms with E-state index in [1.165, 1.54) is 11.8 Å². The second-order valence-electron chi connectivity index (χ2n) is 5.30. The average Bonchev–Trinajstić information content (AvgIpc) is 2.62. The summed E-state index contributed by atoms with van der Waals surface area (Å²) < 4.78 is 0. The van der Waals surface area contributed by atoms with E-state index in [4.69, 9.17) is 17.3 Å². The molecule has 3 rings (SSSR count). The first-order chi connectivity index (χ1) is 12.0. The third-order valence-electron chi connectivity index (χ3n) is 3.44. The van der Waals surface area contributed by atoms with Crippen LogP contribution < -0.4 is 5.73 Å². The number of halogens is 1. The van der Waals surface area contributed by atoms with Gasteiger partial charge < -0.3 is 5.73 Å². The van der Waals surface area contributed by atoms with Crippen LogP contribution >= 0.6 is 23.4 Å². The lowest BCUT2D eigenvalue weighted by molar-refractivity contribution is 0.0994. The van der Waals surface area contributed by atoms with Crippen LogP contribution in [0.1, 0.15) is 17.3 Å². The predicted octanol–water partition coefficient (Wildman–Crippen LogP) is 4.14. The van der Waals surface area contributed by atoms with Crippen LogP contribution in [0.15, 0.2) is 59.8 Å². The monoisotopic (exact) mass is 370 g/mol. The average molecular weight is 371 g/mol. The Balaban J connectivity index is 1.81. The fraction of sp³-hybridized carbons (Fsp3) is 0.111. The molecule has 0 amide bonds. The SMILES string of the molecule is C[C@@H](Sc1nc(N)nc(-c2ccccc2)n1)C(=O)c1ccc(Cl)cc1. The lowest BCUT2D eigenvalue weighted by Gasteiger charge is -2.10. The second kappa shape index (κ2) is 7.63. The molecule has 3 aromatic rings. The molecule has 1 heterocycles. The highest BCUT2D eigenvalue weighted by Crippen LogP contribution is 2.25. The van der Waals surface area contributed by atoms with Crippen molar-refractivity contribution in [2.45, 2.75) is 17.3 Å². The van der Waals surface area contributed by atoms with E-state index in [-0.39, 0.29) is 17.0 Å². The van der Waals surface area contributed by atoms with Crippen molar-refractivity contribution in [1.29, 1.82) is 0 Å². The van der Waals surface area contributed by atoms with E-state index in [0.717, 1.165) is 5.56 Å². The highest BCUT2D eigenvalue weighted by Gasteiger charge is 2.19. The molecule has 0 bridgehead atoms. The van der Waals surface area contributed by atoms with Crippen LogP contribution in [-0.4, -0.2) is 26.0 Å². The third kappa shape index (κ3) is 4.35. The normalized spacial score (nSPS) is 11.9. The van der Waals surface area contributed by atoms with Gasteiger partial charge in [-0.1, -0.05) is 53.7 Å². The Morgan fingerprint density at radius 1 is 1.04 bits per heavy atom. The molecule has 0 aliphatic heterocycles. The molecule has 1 aromatic heterocycles. The minimum absolute atomic E-state index is 0.0260. The summed E-state index contributed by atoms with van der Waals surface area (Å²) in [6.07, 6.45) is 0. The first kappa shape index (κ1) is 17.4. The Labute approximate surface area is 154 Å². The van der Waals surface area contributed by atoms with Crippen molar-refractivity contribution in [1.82, 2.24) is 15.0 Å². The lowest BCUT2D eigenvalue weighted by atomic mass is 10.1. The molecule has 0 radical (unpaired) electrons. The van der Waals surface area contributed by atoms with Crippen LogP contribution in [0.2, 0.25) is 5.02 Å². The number of carbonyl (C=O) groups excluding carboxylic acids is 1. The van der Waals surface area contributed by atoms with Gasteiger partial charge >= 0.3 is 0 Å². The maximum absolute atomic E-state index is 12.5. The van der Waals surface area contributed by atoms with Gasteiger partial charge in [-0.15, -0.1) is 0 Å². The van der Waals surface area contributed by atoms with Gasteiger partial charge in [-0.3, -0.25) is 4.79 Å². The highest BCUT2D eigenvalue weighted by molar-refractivity contribution is 8.00. The molecule has 2 aromatic carbocycles. The fourth-order valence-corrected chi connectivity index (χ4v) is 3.17. The molecule has 0 saturated carbocycles. The number of rotatable bonds is 5. The van der Waals surface area contributed by atoms with Gasteiger partial charge in [-0.05, 0) is 31.2 Å². The summed E-state index contributed by atoms with van der Waals surface area (Å²) in [6.45, 7) is 1.81. The van der Waals surface area contributed by atoms with Gasteiger partial charge in [0.15, 0.2) is 16.8 Å². The Kier molecular flexibility index (Phi) is 5.31. The summed E-state index contributed by atoms with van der Waals surface area (Å²) in [7, 11) is 0. The number of anilines is 1. The summed E-state index contributed by atoms with van der Waals surface area (Å²) in [6, 6.07) is 16.3. The number of hydrogen-bond donors (Lipinski definition) is 1. The van der Waals surface area contributed by atoms with Gasteiger partial charge in [0, 0.05) is 16.1 Å². The van der Waals surface area contributed by atoms with E-state index in [1.54, 1.807) is 24.3 Å². The minimum atomic E-state index is -0.369. The molecule has 0 spiro atoms. The molecule has 1 atom stereocenters. The Morgan fingerprint density at radius 3 is 2.40 bits per heavy atom. The molecule has 0 aliphatic carbocycles. The molecular weight excluding hydrogens is 356 g/mol. The largest absolute Gasteiger partial charge is 0.368 e. The van der Waals surface area contributed by atoms with E-state index in [1.807, 2.05) is 37.3 Å². The number of nitrogens with zero attached hydrogens (tertiary/aromatic N) is 3. The highest BCUT2D eigenvalue weighted by atomic mass is 35.5. The zero-order valence-electron chi connectivity index (χ0n) is 13.4. The number of benzene rings is 2. The Morgan fingerprint density at radius 2 is 1.72 bits per heavy atom. The zero-order valence-corrected chi connectivity index (χ0v) is 15.0. The standard InChI is InChI=1S/C18H15ClN4OS/c1-11(15(24)12-7-9-14(19)10-8-12)25-18-22-16(21-17(20)23-18)13-5-3-2-4-6-13/h2-11H,1H3,(H2,20,21,22,23)/t11-/m1/s1. The molecule has 0 aliphatic rings. The number of nitrogen functional groups attached to an aromatic ring is 1. The van der Waals surface area contributed by atoms with Gasteiger partial charge in [-0.25, -0.2) is 4.98 Å². The molecule has 7 heteroatoms. The number of carbonyl (C=O) groups is 1. The van der Waals surface area contributed by atoms with E-state index in [0.29, 0.717) is 21.6 Å². The van der Waals surface area contributed by atoms with Gasteiger partial charge in [0.05, 0.1) is 5.25 Å². The summed E-state index contributed by atoms with van der Waals surface area (Å²) in [5.74, 6) is 0.589. The first-order valence-corrected chi connectivity index (χ1v) is 8.82. The Bertz CT molecular complexity index is 887. The van der Waals surface area contributed by atoms with E-state index < -0.39 is 0 Å². The van der Waals surface area contributed by atoms with Gasteiger partial charge in [-0.2, -0.15) is 9.97 Å². The van der Waals surface area contributed by atoms with Crippen molar-refractivity contribution in [3.05, 3.63) is 65.2 Å².